The highest BCUT2D eigenvalue weighted by molar-refractivity contribution is 7.95. The number of rotatable bonds is 12. The smallest absolute Gasteiger partial charge is 0.192 e. The van der Waals surface area contributed by atoms with Crippen molar-refractivity contribution in [3.8, 4) is 0 Å². The van der Waals surface area contributed by atoms with Crippen LogP contribution in [0, 0.1) is 0 Å². The fourth-order valence-electron chi connectivity index (χ4n) is 4.98. The molecule has 0 fully saturated rings. The molecule has 1 nitrogen and oxygen atoms in total. The van der Waals surface area contributed by atoms with E-state index in [1.807, 2.05) is 0 Å². The Hall–Kier alpha value is -1.00. The second kappa shape index (κ2) is 13.8. The van der Waals surface area contributed by atoms with Gasteiger partial charge in [-0.25, -0.2) is 0 Å². The van der Waals surface area contributed by atoms with E-state index in [2.05, 4.69) is 119 Å². The number of hydrogen-bond donors (Lipinski definition) is 0. The standard InChI is InChI=1S/C29H40OPSi.HI/c1-5-32(6-2,7-3)30-26(4)18-17-25-31(27-19-11-8-12-20-27,28-21-13-9-14-22-28)29-23-15-10-16-24-29;/h8-16,19-24,26H,5-7,17-18,25H2,1-4H3;1H/q+1;/p-1/t26-;/m1./s1. The predicted molar refractivity (Wildman–Crippen MR) is 147 cm³/mol. The van der Waals surface area contributed by atoms with Crippen LogP contribution in [0.2, 0.25) is 18.1 Å². The predicted octanol–water partition coefficient (Wildman–Crippen LogP) is 4.18. The molecule has 0 heterocycles. The Morgan fingerprint density at radius 3 is 1.36 bits per heavy atom. The van der Waals surface area contributed by atoms with E-state index in [-0.39, 0.29) is 24.0 Å². The van der Waals surface area contributed by atoms with Crippen molar-refractivity contribution in [1.82, 2.24) is 0 Å². The minimum atomic E-state index is -1.73. The van der Waals surface area contributed by atoms with Crippen molar-refractivity contribution in [2.75, 3.05) is 6.16 Å². The molecule has 0 aliphatic rings. The molecule has 0 bridgehead atoms. The fourth-order valence-corrected chi connectivity index (χ4v) is 12.3. The van der Waals surface area contributed by atoms with Crippen molar-refractivity contribution >= 4 is 31.5 Å². The topological polar surface area (TPSA) is 9.23 Å². The molecule has 0 aromatic heterocycles. The molecule has 1 atom stereocenters. The van der Waals surface area contributed by atoms with E-state index in [1.54, 1.807) is 0 Å². The summed E-state index contributed by atoms with van der Waals surface area (Å²) in [5.41, 5.74) is 0. The first-order valence-electron chi connectivity index (χ1n) is 12.3. The molecule has 0 spiro atoms. The minimum absolute atomic E-state index is 0. The first-order chi connectivity index (χ1) is 15.6. The molecule has 4 heteroatoms. The Morgan fingerprint density at radius 2 is 1.03 bits per heavy atom. The Balaban J connectivity index is 0.00000385. The van der Waals surface area contributed by atoms with Gasteiger partial charge >= 0.3 is 0 Å². The summed E-state index contributed by atoms with van der Waals surface area (Å²) >= 11 is 0. The lowest BCUT2D eigenvalue weighted by Crippen LogP contribution is -3.00. The molecule has 0 radical (unpaired) electrons. The zero-order valence-electron chi connectivity index (χ0n) is 20.7. The minimum Gasteiger partial charge on any atom is -1.00 e. The summed E-state index contributed by atoms with van der Waals surface area (Å²) < 4.78 is 6.77. The first kappa shape index (κ1) is 28.2. The van der Waals surface area contributed by atoms with E-state index >= 15 is 0 Å². The highest BCUT2D eigenvalue weighted by Gasteiger charge is 2.44. The Kier molecular flexibility index (Phi) is 11.8. The Labute approximate surface area is 220 Å². The summed E-state index contributed by atoms with van der Waals surface area (Å²) in [6.07, 6.45) is 3.82. The van der Waals surface area contributed by atoms with Crippen LogP contribution >= 0.6 is 7.26 Å². The highest BCUT2D eigenvalue weighted by Crippen LogP contribution is 2.56. The van der Waals surface area contributed by atoms with Gasteiger partial charge in [-0.05, 0) is 74.3 Å². The van der Waals surface area contributed by atoms with E-state index in [4.69, 9.17) is 4.43 Å². The van der Waals surface area contributed by atoms with Gasteiger partial charge in [0, 0.05) is 6.10 Å². The third-order valence-corrected chi connectivity index (χ3v) is 16.4. The molecule has 3 rings (SSSR count). The number of hydrogen-bond acceptors (Lipinski definition) is 1. The van der Waals surface area contributed by atoms with E-state index in [0.29, 0.717) is 6.10 Å². The van der Waals surface area contributed by atoms with Crippen molar-refractivity contribution < 1.29 is 28.4 Å². The maximum absolute atomic E-state index is 6.77. The summed E-state index contributed by atoms with van der Waals surface area (Å²) in [5, 5.41) is 4.43. The molecule has 0 saturated heterocycles. The summed E-state index contributed by atoms with van der Waals surface area (Å²) in [4.78, 5) is 0. The van der Waals surface area contributed by atoms with Gasteiger partial charge in [0.05, 0.1) is 6.16 Å². The molecule has 3 aromatic rings. The van der Waals surface area contributed by atoms with Crippen molar-refractivity contribution in [1.29, 1.82) is 0 Å². The van der Waals surface area contributed by atoms with Crippen LogP contribution in [0.15, 0.2) is 91.0 Å². The molecule has 3 aromatic carbocycles. The summed E-state index contributed by atoms with van der Waals surface area (Å²) in [5.74, 6) is 0. The third-order valence-electron chi connectivity index (χ3n) is 7.08. The fraction of sp³-hybridized carbons (Fsp3) is 0.379. The SMILES string of the molecule is CC[Si](CC)(CC)O[C@H](C)CCC[P+](c1ccccc1)(c1ccccc1)c1ccccc1.[I-]. The van der Waals surface area contributed by atoms with Crippen molar-refractivity contribution in [3.63, 3.8) is 0 Å². The maximum Gasteiger partial charge on any atom is 0.192 e. The Morgan fingerprint density at radius 1 is 0.667 bits per heavy atom. The van der Waals surface area contributed by atoms with Crippen LogP contribution in [0.25, 0.3) is 0 Å². The summed E-state index contributed by atoms with van der Waals surface area (Å²) in [6.45, 7) is 9.27. The van der Waals surface area contributed by atoms with Crippen LogP contribution in [-0.4, -0.2) is 20.6 Å². The average Bonchev–Trinajstić information content (AvgIpc) is 2.87. The van der Waals surface area contributed by atoms with Crippen LogP contribution in [0.5, 0.6) is 0 Å². The molecular formula is C29H40IOPSi. The molecule has 0 N–H and O–H groups in total. The van der Waals surface area contributed by atoms with Crippen molar-refractivity contribution in [2.24, 2.45) is 0 Å². The normalized spacial score (nSPS) is 12.7. The average molecular weight is 591 g/mol. The monoisotopic (exact) mass is 590 g/mol. The Bertz CT molecular complexity index is 811. The van der Waals surface area contributed by atoms with Gasteiger partial charge in [-0.3, -0.25) is 0 Å². The maximum atomic E-state index is 6.77. The molecule has 178 valence electrons. The lowest BCUT2D eigenvalue weighted by atomic mass is 10.2. The highest BCUT2D eigenvalue weighted by atomic mass is 127. The van der Waals surface area contributed by atoms with E-state index < -0.39 is 15.6 Å². The van der Waals surface area contributed by atoms with Crippen LogP contribution in [-0.2, 0) is 4.43 Å². The molecule has 0 aliphatic carbocycles. The molecule has 0 unspecified atom stereocenters. The van der Waals surface area contributed by atoms with Crippen LogP contribution in [0.1, 0.15) is 40.5 Å². The lowest BCUT2D eigenvalue weighted by molar-refractivity contribution is -0.00000847. The second-order valence-electron chi connectivity index (χ2n) is 8.85. The van der Waals surface area contributed by atoms with Gasteiger partial charge in [-0.15, -0.1) is 0 Å². The summed E-state index contributed by atoms with van der Waals surface area (Å²) in [6, 6.07) is 37.3. The van der Waals surface area contributed by atoms with E-state index in [1.165, 1.54) is 46.6 Å². The number of benzene rings is 3. The zero-order chi connectivity index (χ0) is 22.9. The van der Waals surface area contributed by atoms with Gasteiger partial charge in [-0.1, -0.05) is 75.4 Å². The van der Waals surface area contributed by atoms with E-state index in [9.17, 15) is 0 Å². The molecule has 33 heavy (non-hydrogen) atoms. The third kappa shape index (κ3) is 6.78. The van der Waals surface area contributed by atoms with E-state index in [0.717, 1.165) is 6.42 Å². The molecule has 0 aliphatic heterocycles. The first-order valence-corrected chi connectivity index (χ1v) is 16.8. The van der Waals surface area contributed by atoms with Gasteiger partial charge in [0.2, 0.25) is 0 Å². The largest absolute Gasteiger partial charge is 1.00 e. The van der Waals surface area contributed by atoms with Crippen LogP contribution < -0.4 is 39.9 Å². The molecular weight excluding hydrogens is 550 g/mol. The molecule has 0 amide bonds. The van der Waals surface area contributed by atoms with Gasteiger partial charge in [-0.2, -0.15) is 0 Å². The number of halogens is 1. The quantitative estimate of drug-likeness (QED) is 0.175. The van der Waals surface area contributed by atoms with Crippen molar-refractivity contribution in [2.45, 2.75) is 64.8 Å². The second-order valence-corrected chi connectivity index (χ2v) is 17.2. The van der Waals surface area contributed by atoms with Gasteiger partial charge in [0.1, 0.15) is 23.2 Å². The molecule has 0 saturated carbocycles. The van der Waals surface area contributed by atoms with Crippen LogP contribution in [0.3, 0.4) is 0 Å². The van der Waals surface area contributed by atoms with Gasteiger partial charge in [0.25, 0.3) is 0 Å². The summed E-state index contributed by atoms with van der Waals surface area (Å²) in [7, 11) is -3.28. The van der Waals surface area contributed by atoms with Gasteiger partial charge in [0.15, 0.2) is 8.32 Å². The zero-order valence-corrected chi connectivity index (χ0v) is 24.8. The lowest BCUT2D eigenvalue weighted by Gasteiger charge is -2.32. The van der Waals surface area contributed by atoms with Crippen LogP contribution in [0.4, 0.5) is 0 Å². The van der Waals surface area contributed by atoms with Crippen molar-refractivity contribution in [3.05, 3.63) is 91.0 Å². The van der Waals surface area contributed by atoms with Gasteiger partial charge < -0.3 is 28.4 Å².